The molecule has 1 saturated heterocycles. The van der Waals surface area contributed by atoms with Crippen LogP contribution in [0.4, 0.5) is 11.4 Å². The van der Waals surface area contributed by atoms with Crippen molar-refractivity contribution in [2.75, 3.05) is 30.7 Å². The molecule has 1 aliphatic heterocycles. The molecule has 1 N–H and O–H groups in total. The van der Waals surface area contributed by atoms with E-state index in [-0.39, 0.29) is 10.6 Å². The number of nitro groups is 1. The van der Waals surface area contributed by atoms with Crippen molar-refractivity contribution in [3.63, 3.8) is 0 Å². The lowest BCUT2D eigenvalue weighted by atomic mass is 10.2. The van der Waals surface area contributed by atoms with E-state index in [0.29, 0.717) is 25.3 Å². The van der Waals surface area contributed by atoms with E-state index in [0.717, 1.165) is 36.2 Å². The summed E-state index contributed by atoms with van der Waals surface area (Å²) in [6.07, 6.45) is 3.25. The SMILES string of the molecule is O=[N+]([O-])c1cc(S(=O)(=O)N2CCCC2)ccc1NCCSCc1ccco1. The maximum Gasteiger partial charge on any atom is 0.293 e. The Bertz CT molecular complexity index is 878. The molecule has 0 atom stereocenters. The summed E-state index contributed by atoms with van der Waals surface area (Å²) in [7, 11) is -3.68. The number of hydrogen-bond acceptors (Lipinski definition) is 7. The van der Waals surface area contributed by atoms with Crippen molar-refractivity contribution >= 4 is 33.2 Å². The predicted molar refractivity (Wildman–Crippen MR) is 104 cm³/mol. The summed E-state index contributed by atoms with van der Waals surface area (Å²) in [6.45, 7) is 1.44. The summed E-state index contributed by atoms with van der Waals surface area (Å²) in [4.78, 5) is 10.8. The Morgan fingerprint density at radius 2 is 2.04 bits per heavy atom. The molecule has 0 unspecified atom stereocenters. The molecule has 0 amide bonds. The van der Waals surface area contributed by atoms with Gasteiger partial charge in [-0.25, -0.2) is 8.42 Å². The van der Waals surface area contributed by atoms with Gasteiger partial charge in [-0.3, -0.25) is 10.1 Å². The normalized spacial score (nSPS) is 15.1. The fraction of sp³-hybridized carbons (Fsp3) is 0.412. The molecule has 1 aliphatic rings. The fourth-order valence-electron chi connectivity index (χ4n) is 2.88. The average Bonchev–Trinajstić information content (AvgIpc) is 3.35. The van der Waals surface area contributed by atoms with Crippen molar-refractivity contribution in [3.05, 3.63) is 52.5 Å². The van der Waals surface area contributed by atoms with Crippen LogP contribution < -0.4 is 5.32 Å². The third kappa shape index (κ3) is 4.82. The lowest BCUT2D eigenvalue weighted by Crippen LogP contribution is -2.27. The van der Waals surface area contributed by atoms with Gasteiger partial charge in [0.25, 0.3) is 5.69 Å². The minimum Gasteiger partial charge on any atom is -0.468 e. The van der Waals surface area contributed by atoms with Crippen LogP contribution in [0, 0.1) is 10.1 Å². The molecule has 8 nitrogen and oxygen atoms in total. The van der Waals surface area contributed by atoms with Crippen LogP contribution in [-0.2, 0) is 15.8 Å². The number of thioether (sulfide) groups is 1. The first-order valence-electron chi connectivity index (χ1n) is 8.61. The Labute approximate surface area is 162 Å². The van der Waals surface area contributed by atoms with E-state index in [4.69, 9.17) is 4.42 Å². The third-order valence-corrected chi connectivity index (χ3v) is 7.13. The largest absolute Gasteiger partial charge is 0.468 e. The van der Waals surface area contributed by atoms with Crippen LogP contribution in [0.3, 0.4) is 0 Å². The zero-order valence-electron chi connectivity index (χ0n) is 14.7. The minimum atomic E-state index is -3.68. The highest BCUT2D eigenvalue weighted by molar-refractivity contribution is 7.98. The summed E-state index contributed by atoms with van der Waals surface area (Å²) in [5.41, 5.74) is 0.0882. The number of sulfonamides is 1. The molecule has 1 aromatic heterocycles. The van der Waals surface area contributed by atoms with E-state index in [2.05, 4.69) is 5.32 Å². The monoisotopic (exact) mass is 411 g/mol. The van der Waals surface area contributed by atoms with Crippen molar-refractivity contribution in [2.24, 2.45) is 0 Å². The number of anilines is 1. The van der Waals surface area contributed by atoms with Gasteiger partial charge >= 0.3 is 0 Å². The molecule has 0 bridgehead atoms. The van der Waals surface area contributed by atoms with Gasteiger partial charge in [0.2, 0.25) is 10.0 Å². The Kier molecular flexibility index (Phi) is 6.40. The first kappa shape index (κ1) is 19.7. The lowest BCUT2D eigenvalue weighted by molar-refractivity contribution is -0.384. The second-order valence-corrected chi connectivity index (χ2v) is 9.15. The number of furan rings is 1. The van der Waals surface area contributed by atoms with E-state index in [1.54, 1.807) is 18.0 Å². The Morgan fingerprint density at radius 1 is 1.26 bits per heavy atom. The summed E-state index contributed by atoms with van der Waals surface area (Å²) >= 11 is 1.64. The third-order valence-electron chi connectivity index (χ3n) is 4.25. The topological polar surface area (TPSA) is 106 Å². The van der Waals surface area contributed by atoms with Gasteiger partial charge in [0.05, 0.1) is 21.8 Å². The van der Waals surface area contributed by atoms with E-state index in [9.17, 15) is 18.5 Å². The molecule has 0 radical (unpaired) electrons. The summed E-state index contributed by atoms with van der Waals surface area (Å²) < 4.78 is 31.8. The van der Waals surface area contributed by atoms with E-state index < -0.39 is 14.9 Å². The number of benzene rings is 1. The number of nitrogens with one attached hydrogen (secondary N) is 1. The van der Waals surface area contributed by atoms with Crippen LogP contribution in [0.25, 0.3) is 0 Å². The second-order valence-electron chi connectivity index (χ2n) is 6.11. The second kappa shape index (κ2) is 8.77. The number of hydrogen-bond donors (Lipinski definition) is 1. The standard InChI is InChI=1S/C17H21N3O5S2/c21-20(22)17-12-15(27(23,24)19-8-1-2-9-19)5-6-16(17)18-7-11-26-13-14-4-3-10-25-14/h3-6,10,12,18H,1-2,7-9,11,13H2. The zero-order chi connectivity index (χ0) is 19.3. The maximum atomic E-state index is 12.6. The van der Waals surface area contributed by atoms with E-state index in [1.165, 1.54) is 16.4 Å². The van der Waals surface area contributed by atoms with Gasteiger partial charge in [-0.05, 0) is 37.1 Å². The molecule has 0 aliphatic carbocycles. The summed E-state index contributed by atoms with van der Waals surface area (Å²) in [5.74, 6) is 2.33. The first-order valence-corrected chi connectivity index (χ1v) is 11.2. The molecule has 3 rings (SSSR count). The van der Waals surface area contributed by atoms with Gasteiger partial charge < -0.3 is 9.73 Å². The van der Waals surface area contributed by atoms with Gasteiger partial charge in [0.15, 0.2) is 0 Å². The highest BCUT2D eigenvalue weighted by Gasteiger charge is 2.29. The van der Waals surface area contributed by atoms with Crippen LogP contribution in [0.2, 0.25) is 0 Å². The van der Waals surface area contributed by atoms with Crippen LogP contribution >= 0.6 is 11.8 Å². The molecule has 1 aromatic carbocycles. The van der Waals surface area contributed by atoms with Gasteiger partial charge in [-0.1, -0.05) is 0 Å². The van der Waals surface area contributed by atoms with E-state index >= 15 is 0 Å². The summed E-state index contributed by atoms with van der Waals surface area (Å²) in [5, 5.41) is 14.4. The number of nitrogens with zero attached hydrogens (tertiary/aromatic N) is 2. The molecule has 0 spiro atoms. The quantitative estimate of drug-likeness (QED) is 0.383. The van der Waals surface area contributed by atoms with Crippen LogP contribution in [0.15, 0.2) is 45.9 Å². The Balaban J connectivity index is 1.64. The molecular formula is C17H21N3O5S2. The number of rotatable bonds is 9. The molecule has 0 saturated carbocycles. The van der Waals surface area contributed by atoms with Crippen molar-refractivity contribution in [3.8, 4) is 0 Å². The summed E-state index contributed by atoms with van der Waals surface area (Å²) in [6, 6.07) is 7.77. The average molecular weight is 412 g/mol. The first-order chi connectivity index (χ1) is 13.0. The Morgan fingerprint density at radius 3 is 2.70 bits per heavy atom. The predicted octanol–water partition coefficient (Wildman–Crippen LogP) is 3.32. The molecule has 146 valence electrons. The van der Waals surface area contributed by atoms with Crippen molar-refractivity contribution in [1.82, 2.24) is 4.31 Å². The molecule has 10 heteroatoms. The van der Waals surface area contributed by atoms with Crippen LogP contribution in [-0.4, -0.2) is 43.0 Å². The fourth-order valence-corrected chi connectivity index (χ4v) is 5.17. The number of nitro benzene ring substituents is 1. The van der Waals surface area contributed by atoms with Gasteiger partial charge in [0.1, 0.15) is 11.4 Å². The molecule has 27 heavy (non-hydrogen) atoms. The van der Waals surface area contributed by atoms with Crippen molar-refractivity contribution in [1.29, 1.82) is 0 Å². The van der Waals surface area contributed by atoms with E-state index in [1.807, 2.05) is 12.1 Å². The van der Waals surface area contributed by atoms with Gasteiger partial charge in [-0.2, -0.15) is 16.1 Å². The smallest absolute Gasteiger partial charge is 0.293 e. The molecule has 2 aromatic rings. The molecular weight excluding hydrogens is 390 g/mol. The highest BCUT2D eigenvalue weighted by atomic mass is 32.2. The molecule has 2 heterocycles. The highest BCUT2D eigenvalue weighted by Crippen LogP contribution is 2.30. The van der Waals surface area contributed by atoms with Crippen molar-refractivity contribution < 1.29 is 17.8 Å². The molecule has 1 fully saturated rings. The van der Waals surface area contributed by atoms with Crippen LogP contribution in [0.1, 0.15) is 18.6 Å². The maximum absolute atomic E-state index is 12.6. The van der Waals surface area contributed by atoms with Crippen molar-refractivity contribution in [2.45, 2.75) is 23.5 Å². The lowest BCUT2D eigenvalue weighted by Gasteiger charge is -2.16. The van der Waals surface area contributed by atoms with Gasteiger partial charge in [-0.15, -0.1) is 0 Å². The minimum absolute atomic E-state index is 0.0335. The van der Waals surface area contributed by atoms with Gasteiger partial charge in [0, 0.05) is 31.5 Å². The Hall–Kier alpha value is -2.04. The van der Waals surface area contributed by atoms with Crippen LogP contribution in [0.5, 0.6) is 0 Å². The zero-order valence-corrected chi connectivity index (χ0v) is 16.3.